The predicted octanol–water partition coefficient (Wildman–Crippen LogP) is 1.86. The molecule has 0 aliphatic heterocycles. The summed E-state index contributed by atoms with van der Waals surface area (Å²) in [5.41, 5.74) is -2.43. The zero-order valence-corrected chi connectivity index (χ0v) is 13.2. The zero-order chi connectivity index (χ0) is 18.1. The van der Waals surface area contributed by atoms with Gasteiger partial charge in [0.05, 0.1) is 15.9 Å². The molecule has 1 aromatic carbocycles. The first-order chi connectivity index (χ1) is 11.0. The van der Waals surface area contributed by atoms with E-state index in [9.17, 15) is 33.4 Å². The summed E-state index contributed by atoms with van der Waals surface area (Å²) in [4.78, 5) is 30.5. The average Bonchev–Trinajstić information content (AvgIpc) is 2.44. The lowest BCUT2D eigenvalue weighted by molar-refractivity contribution is -0.396. The van der Waals surface area contributed by atoms with Gasteiger partial charge >= 0.3 is 6.09 Å². The number of benzene rings is 1. The van der Waals surface area contributed by atoms with Crippen LogP contribution in [0.3, 0.4) is 0 Å². The van der Waals surface area contributed by atoms with Crippen molar-refractivity contribution in [2.75, 3.05) is 0 Å². The quantitative estimate of drug-likeness (QED) is 0.616. The molecule has 11 nitrogen and oxygen atoms in total. The number of non-ortho nitro benzene ring substituents is 1. The second-order valence-corrected chi connectivity index (χ2v) is 7.12. The Morgan fingerprint density at radius 3 is 2.33 bits per heavy atom. The van der Waals surface area contributed by atoms with Gasteiger partial charge in [0.1, 0.15) is 5.60 Å². The Labute approximate surface area is 136 Å². The van der Waals surface area contributed by atoms with Crippen LogP contribution in [0.25, 0.3) is 0 Å². The SMILES string of the molecule is CC1(OC(=O)NS(=O)(=O)c2ccc([N+](=O)[O-])cc2[N+](=O)[O-])CCC1. The number of nitrogens with one attached hydrogen (secondary N) is 1. The minimum absolute atomic E-state index is 0.507. The van der Waals surface area contributed by atoms with Crippen molar-refractivity contribution in [3.8, 4) is 0 Å². The lowest BCUT2D eigenvalue weighted by atomic mass is 9.82. The molecule has 0 unspecified atom stereocenters. The molecule has 0 spiro atoms. The van der Waals surface area contributed by atoms with Gasteiger partial charge in [-0.1, -0.05) is 0 Å². The highest BCUT2D eigenvalue weighted by Gasteiger charge is 2.37. The monoisotopic (exact) mass is 359 g/mol. The van der Waals surface area contributed by atoms with Crippen LogP contribution in [0.15, 0.2) is 23.1 Å². The number of hydrogen-bond donors (Lipinski definition) is 1. The summed E-state index contributed by atoms with van der Waals surface area (Å²) in [6.45, 7) is 1.64. The number of sulfonamides is 1. The molecule has 1 aromatic rings. The maximum atomic E-state index is 12.2. The van der Waals surface area contributed by atoms with Crippen LogP contribution in [-0.2, 0) is 14.8 Å². The van der Waals surface area contributed by atoms with E-state index < -0.39 is 47.8 Å². The lowest BCUT2D eigenvalue weighted by Crippen LogP contribution is -2.43. The minimum Gasteiger partial charge on any atom is -0.443 e. The maximum Gasteiger partial charge on any atom is 0.421 e. The third kappa shape index (κ3) is 3.59. The standard InChI is InChI=1S/C12H13N3O8S/c1-12(5-2-6-12)23-11(16)13-24(21,22)10-4-3-8(14(17)18)7-9(10)15(19)20/h3-4,7H,2,5-6H2,1H3,(H,13,16). The topological polar surface area (TPSA) is 159 Å². The van der Waals surface area contributed by atoms with E-state index in [1.165, 1.54) is 0 Å². The van der Waals surface area contributed by atoms with Crippen molar-refractivity contribution in [3.63, 3.8) is 0 Å². The van der Waals surface area contributed by atoms with E-state index in [0.717, 1.165) is 12.5 Å². The first-order valence-electron chi connectivity index (χ1n) is 6.73. The number of nitrogens with zero attached hydrogens (tertiary/aromatic N) is 2. The number of carbonyl (C=O) groups excluding carboxylic acids is 1. The first-order valence-corrected chi connectivity index (χ1v) is 8.21. The molecule has 0 atom stereocenters. The number of hydrogen-bond acceptors (Lipinski definition) is 8. The number of nitro groups is 2. The van der Waals surface area contributed by atoms with Crippen LogP contribution < -0.4 is 4.72 Å². The Balaban J connectivity index is 2.29. The highest BCUT2D eigenvalue weighted by Crippen LogP contribution is 2.35. The molecular weight excluding hydrogens is 346 g/mol. The van der Waals surface area contributed by atoms with Gasteiger partial charge in [0.25, 0.3) is 21.4 Å². The van der Waals surface area contributed by atoms with Gasteiger partial charge in [0, 0.05) is 6.07 Å². The van der Waals surface area contributed by atoms with Gasteiger partial charge in [-0.2, -0.15) is 0 Å². The summed E-state index contributed by atoms with van der Waals surface area (Å²) >= 11 is 0. The van der Waals surface area contributed by atoms with Crippen molar-refractivity contribution in [3.05, 3.63) is 38.4 Å². The molecule has 0 saturated heterocycles. The number of nitro benzene ring substituents is 2. The van der Waals surface area contributed by atoms with E-state index in [2.05, 4.69) is 0 Å². The van der Waals surface area contributed by atoms with Crippen molar-refractivity contribution in [1.82, 2.24) is 4.72 Å². The van der Waals surface area contributed by atoms with Crippen molar-refractivity contribution in [1.29, 1.82) is 0 Å². The van der Waals surface area contributed by atoms with E-state index in [-0.39, 0.29) is 0 Å². The van der Waals surface area contributed by atoms with E-state index in [4.69, 9.17) is 4.74 Å². The van der Waals surface area contributed by atoms with Gasteiger partial charge in [0.2, 0.25) is 0 Å². The van der Waals surface area contributed by atoms with Gasteiger partial charge in [-0.05, 0) is 32.3 Å². The zero-order valence-electron chi connectivity index (χ0n) is 12.4. The molecule has 24 heavy (non-hydrogen) atoms. The molecule has 1 aliphatic rings. The molecule has 1 aliphatic carbocycles. The van der Waals surface area contributed by atoms with Crippen LogP contribution in [0.1, 0.15) is 26.2 Å². The molecule has 0 heterocycles. The number of rotatable bonds is 5. The Morgan fingerprint density at radius 2 is 1.88 bits per heavy atom. The smallest absolute Gasteiger partial charge is 0.421 e. The van der Waals surface area contributed by atoms with E-state index in [1.807, 2.05) is 0 Å². The largest absolute Gasteiger partial charge is 0.443 e. The molecule has 12 heteroatoms. The highest BCUT2D eigenvalue weighted by atomic mass is 32.2. The van der Waals surface area contributed by atoms with Crippen LogP contribution in [0.5, 0.6) is 0 Å². The number of amides is 1. The Hall–Kier alpha value is -2.76. The van der Waals surface area contributed by atoms with E-state index in [1.54, 1.807) is 11.6 Å². The molecule has 0 bridgehead atoms. The molecule has 130 valence electrons. The van der Waals surface area contributed by atoms with Crippen LogP contribution >= 0.6 is 0 Å². The molecule has 1 N–H and O–H groups in total. The Kier molecular flexibility index (Phi) is 4.42. The summed E-state index contributed by atoms with van der Waals surface area (Å²) in [7, 11) is -4.62. The second kappa shape index (κ2) is 6.03. The molecule has 0 aromatic heterocycles. The van der Waals surface area contributed by atoms with Crippen LogP contribution in [0.2, 0.25) is 0 Å². The third-order valence-corrected chi connectivity index (χ3v) is 4.97. The Morgan fingerprint density at radius 1 is 1.25 bits per heavy atom. The third-order valence-electron chi connectivity index (χ3n) is 3.61. The fraction of sp³-hybridized carbons (Fsp3) is 0.417. The van der Waals surface area contributed by atoms with Crippen molar-refractivity contribution >= 4 is 27.5 Å². The normalized spacial score (nSPS) is 15.9. The van der Waals surface area contributed by atoms with Crippen LogP contribution in [0.4, 0.5) is 16.2 Å². The minimum atomic E-state index is -4.62. The lowest BCUT2D eigenvalue weighted by Gasteiger charge is -2.37. The Bertz CT molecular complexity index is 816. The molecule has 1 fully saturated rings. The number of carbonyl (C=O) groups is 1. The summed E-state index contributed by atoms with van der Waals surface area (Å²) < 4.78 is 30.9. The second-order valence-electron chi connectivity index (χ2n) is 5.46. The van der Waals surface area contributed by atoms with Gasteiger partial charge in [-0.3, -0.25) is 20.2 Å². The fourth-order valence-electron chi connectivity index (χ4n) is 2.18. The number of ether oxygens (including phenoxy) is 1. The summed E-state index contributed by atoms with van der Waals surface area (Å²) in [6.07, 6.45) is 0.741. The van der Waals surface area contributed by atoms with Gasteiger partial charge < -0.3 is 4.74 Å². The van der Waals surface area contributed by atoms with E-state index in [0.29, 0.717) is 25.0 Å². The first kappa shape index (κ1) is 17.6. The highest BCUT2D eigenvalue weighted by molar-refractivity contribution is 7.90. The van der Waals surface area contributed by atoms with Crippen molar-refractivity contribution in [2.45, 2.75) is 36.7 Å². The summed E-state index contributed by atoms with van der Waals surface area (Å²) in [5, 5.41) is 21.6. The summed E-state index contributed by atoms with van der Waals surface area (Å²) in [6, 6.07) is 1.99. The predicted molar refractivity (Wildman–Crippen MR) is 78.8 cm³/mol. The fourth-order valence-corrected chi connectivity index (χ4v) is 3.20. The molecular formula is C12H13N3O8S. The maximum absolute atomic E-state index is 12.2. The molecule has 1 amide bonds. The average molecular weight is 359 g/mol. The molecule has 0 radical (unpaired) electrons. The molecule has 1 saturated carbocycles. The van der Waals surface area contributed by atoms with Crippen molar-refractivity contribution < 1.29 is 27.8 Å². The molecule has 2 rings (SSSR count). The van der Waals surface area contributed by atoms with Gasteiger partial charge in [-0.25, -0.2) is 17.9 Å². The van der Waals surface area contributed by atoms with Gasteiger partial charge in [0.15, 0.2) is 4.90 Å². The summed E-state index contributed by atoms with van der Waals surface area (Å²) in [5.74, 6) is 0. The van der Waals surface area contributed by atoms with Gasteiger partial charge in [-0.15, -0.1) is 0 Å². The van der Waals surface area contributed by atoms with Crippen molar-refractivity contribution in [2.24, 2.45) is 0 Å². The van der Waals surface area contributed by atoms with Crippen LogP contribution in [-0.4, -0.2) is 30.0 Å². The van der Waals surface area contributed by atoms with Crippen LogP contribution in [0, 0.1) is 20.2 Å². The van der Waals surface area contributed by atoms with E-state index >= 15 is 0 Å².